The first-order valence-corrected chi connectivity index (χ1v) is 8.40. The number of ether oxygens (including phenoxy) is 1. The summed E-state index contributed by atoms with van der Waals surface area (Å²) in [6, 6.07) is 10.1. The predicted octanol–water partition coefficient (Wildman–Crippen LogP) is 5.13. The highest BCUT2D eigenvalue weighted by molar-refractivity contribution is 9.10. The van der Waals surface area contributed by atoms with Gasteiger partial charge in [0.2, 0.25) is 0 Å². The first-order valence-electron chi connectivity index (χ1n) is 6.21. The third-order valence-electron chi connectivity index (χ3n) is 2.65. The van der Waals surface area contributed by atoms with Gasteiger partial charge in [-0.1, -0.05) is 41.1 Å². The molecular formula is C15H13BrFNOS2. The molecule has 0 saturated heterocycles. The molecule has 0 amide bonds. The third kappa shape index (κ3) is 3.96. The first kappa shape index (κ1) is 16.3. The predicted molar refractivity (Wildman–Crippen MR) is 92.9 cm³/mol. The number of hydrogen-bond donors (Lipinski definition) is 1. The summed E-state index contributed by atoms with van der Waals surface area (Å²) in [5, 5.41) is 0. The van der Waals surface area contributed by atoms with Crippen molar-refractivity contribution in [1.29, 1.82) is 0 Å². The van der Waals surface area contributed by atoms with E-state index in [-0.39, 0.29) is 10.7 Å². The molecule has 21 heavy (non-hydrogen) atoms. The fourth-order valence-corrected chi connectivity index (χ4v) is 3.24. The molecule has 0 aliphatic rings. The van der Waals surface area contributed by atoms with Crippen LogP contribution in [0.3, 0.4) is 0 Å². The van der Waals surface area contributed by atoms with Crippen LogP contribution < -0.4 is 10.5 Å². The number of rotatable bonds is 5. The number of thiocarbonyl (C=S) groups is 1. The largest absolute Gasteiger partial charge is 0.454 e. The summed E-state index contributed by atoms with van der Waals surface area (Å²) >= 11 is 9.93. The van der Waals surface area contributed by atoms with Crippen molar-refractivity contribution in [3.8, 4) is 11.5 Å². The van der Waals surface area contributed by atoms with E-state index in [0.717, 1.165) is 10.6 Å². The van der Waals surface area contributed by atoms with Crippen molar-refractivity contribution in [2.45, 2.75) is 11.8 Å². The van der Waals surface area contributed by atoms with Gasteiger partial charge >= 0.3 is 0 Å². The fraction of sp³-hybridized carbons (Fsp3) is 0.133. The van der Waals surface area contributed by atoms with Gasteiger partial charge in [0.25, 0.3) is 0 Å². The lowest BCUT2D eigenvalue weighted by molar-refractivity contribution is 0.440. The van der Waals surface area contributed by atoms with Gasteiger partial charge in [-0.05, 0) is 36.1 Å². The zero-order chi connectivity index (χ0) is 15.4. The summed E-state index contributed by atoms with van der Waals surface area (Å²) in [7, 11) is 0. The number of thioether (sulfide) groups is 1. The topological polar surface area (TPSA) is 35.2 Å². The van der Waals surface area contributed by atoms with Gasteiger partial charge in [-0.2, -0.15) is 0 Å². The maximum absolute atomic E-state index is 13.9. The van der Waals surface area contributed by atoms with Crippen molar-refractivity contribution < 1.29 is 9.13 Å². The second-order valence-corrected chi connectivity index (χ2v) is 6.76. The van der Waals surface area contributed by atoms with Crippen LogP contribution in [0, 0.1) is 5.82 Å². The van der Waals surface area contributed by atoms with Crippen LogP contribution in [0.5, 0.6) is 11.5 Å². The smallest absolute Gasteiger partial charge is 0.166 e. The Labute approximate surface area is 141 Å². The zero-order valence-corrected chi connectivity index (χ0v) is 14.4. The molecule has 0 heterocycles. The molecule has 2 rings (SSSR count). The molecule has 0 atom stereocenters. The fourth-order valence-electron chi connectivity index (χ4n) is 1.79. The number of benzene rings is 2. The molecule has 0 spiro atoms. The van der Waals surface area contributed by atoms with Gasteiger partial charge < -0.3 is 10.5 Å². The summed E-state index contributed by atoms with van der Waals surface area (Å²) in [6.45, 7) is 2.04. The van der Waals surface area contributed by atoms with Crippen LogP contribution >= 0.6 is 39.9 Å². The minimum Gasteiger partial charge on any atom is -0.454 e. The molecule has 0 aliphatic heterocycles. The number of nitrogens with two attached hydrogens (primary N) is 1. The lowest BCUT2D eigenvalue weighted by atomic mass is 10.2. The van der Waals surface area contributed by atoms with Crippen LogP contribution in [0.15, 0.2) is 45.8 Å². The zero-order valence-electron chi connectivity index (χ0n) is 11.2. The lowest BCUT2D eigenvalue weighted by Crippen LogP contribution is -2.12. The summed E-state index contributed by atoms with van der Waals surface area (Å²) in [4.78, 5) is 1.17. The van der Waals surface area contributed by atoms with E-state index in [1.807, 2.05) is 19.1 Å². The van der Waals surface area contributed by atoms with E-state index in [1.54, 1.807) is 30.0 Å². The number of halogens is 2. The van der Waals surface area contributed by atoms with Gasteiger partial charge in [0.1, 0.15) is 10.7 Å². The maximum Gasteiger partial charge on any atom is 0.166 e. The van der Waals surface area contributed by atoms with E-state index in [2.05, 4.69) is 15.9 Å². The summed E-state index contributed by atoms with van der Waals surface area (Å²) < 4.78 is 20.2. The van der Waals surface area contributed by atoms with Crippen LogP contribution in [-0.2, 0) is 0 Å². The van der Waals surface area contributed by atoms with Gasteiger partial charge in [0.15, 0.2) is 11.6 Å². The van der Waals surface area contributed by atoms with Crippen molar-refractivity contribution in [2.24, 2.45) is 5.73 Å². The molecule has 2 aromatic rings. The van der Waals surface area contributed by atoms with Crippen molar-refractivity contribution in [2.75, 3.05) is 5.75 Å². The second kappa shape index (κ2) is 7.24. The molecule has 2 aromatic carbocycles. The summed E-state index contributed by atoms with van der Waals surface area (Å²) in [6.07, 6.45) is 0. The average Bonchev–Trinajstić information content (AvgIpc) is 2.42. The molecule has 110 valence electrons. The van der Waals surface area contributed by atoms with Gasteiger partial charge in [-0.25, -0.2) is 4.39 Å². The molecule has 0 fully saturated rings. The molecule has 0 aliphatic carbocycles. The monoisotopic (exact) mass is 385 g/mol. The van der Waals surface area contributed by atoms with Crippen molar-refractivity contribution in [3.63, 3.8) is 0 Å². The van der Waals surface area contributed by atoms with Gasteiger partial charge in [0.05, 0.1) is 5.56 Å². The summed E-state index contributed by atoms with van der Waals surface area (Å²) in [5.74, 6) is 1.02. The van der Waals surface area contributed by atoms with Crippen LogP contribution in [0.25, 0.3) is 0 Å². The molecule has 0 saturated carbocycles. The Morgan fingerprint density at radius 2 is 2.10 bits per heavy atom. The van der Waals surface area contributed by atoms with E-state index >= 15 is 0 Å². The van der Waals surface area contributed by atoms with Crippen LogP contribution in [0.4, 0.5) is 4.39 Å². The van der Waals surface area contributed by atoms with Crippen LogP contribution in [0.1, 0.15) is 12.5 Å². The van der Waals surface area contributed by atoms with Crippen molar-refractivity contribution in [1.82, 2.24) is 0 Å². The van der Waals surface area contributed by atoms with E-state index in [4.69, 9.17) is 22.7 Å². The van der Waals surface area contributed by atoms with E-state index in [1.165, 1.54) is 6.07 Å². The van der Waals surface area contributed by atoms with Gasteiger partial charge in [-0.3, -0.25) is 0 Å². The molecule has 6 heteroatoms. The SMILES string of the molecule is CCSc1cccc(Oc2ccc(Br)cc2F)c1C(N)=S. The van der Waals surface area contributed by atoms with Gasteiger partial charge in [0, 0.05) is 9.37 Å². The molecule has 0 aromatic heterocycles. The Morgan fingerprint density at radius 1 is 1.33 bits per heavy atom. The average molecular weight is 386 g/mol. The minimum absolute atomic E-state index is 0.134. The third-order valence-corrected chi connectivity index (χ3v) is 4.29. The van der Waals surface area contributed by atoms with Crippen LogP contribution in [0.2, 0.25) is 0 Å². The van der Waals surface area contributed by atoms with Gasteiger partial charge in [-0.15, -0.1) is 11.8 Å². The highest BCUT2D eigenvalue weighted by Crippen LogP contribution is 2.34. The normalized spacial score (nSPS) is 10.4. The highest BCUT2D eigenvalue weighted by Gasteiger charge is 2.14. The van der Waals surface area contributed by atoms with Crippen molar-refractivity contribution >= 4 is 44.9 Å². The molecule has 0 radical (unpaired) electrons. The van der Waals surface area contributed by atoms with Crippen LogP contribution in [-0.4, -0.2) is 10.7 Å². The first-order chi connectivity index (χ1) is 10.0. The summed E-state index contributed by atoms with van der Waals surface area (Å²) in [5.41, 5.74) is 6.44. The Morgan fingerprint density at radius 3 is 2.71 bits per heavy atom. The molecule has 0 bridgehead atoms. The van der Waals surface area contributed by atoms with E-state index in [9.17, 15) is 4.39 Å². The maximum atomic E-state index is 13.9. The number of hydrogen-bond acceptors (Lipinski definition) is 3. The molecular weight excluding hydrogens is 373 g/mol. The molecule has 2 nitrogen and oxygen atoms in total. The standard InChI is InChI=1S/C15H13BrFNOS2/c1-2-21-13-5-3-4-12(14(13)15(18)20)19-11-7-6-9(16)8-10(11)17/h3-8H,2H2,1H3,(H2,18,20). The molecule has 0 unspecified atom stereocenters. The lowest BCUT2D eigenvalue weighted by Gasteiger charge is -2.14. The minimum atomic E-state index is -0.452. The highest BCUT2D eigenvalue weighted by atomic mass is 79.9. The van der Waals surface area contributed by atoms with E-state index in [0.29, 0.717) is 15.8 Å². The second-order valence-electron chi connectivity index (χ2n) is 4.10. The van der Waals surface area contributed by atoms with Crippen molar-refractivity contribution in [3.05, 3.63) is 52.3 Å². The molecule has 2 N–H and O–H groups in total. The van der Waals surface area contributed by atoms with E-state index < -0.39 is 5.82 Å². The Kier molecular flexibility index (Phi) is 5.61. The quantitative estimate of drug-likeness (QED) is 0.571. The Bertz CT molecular complexity index is 679. The Balaban J connectivity index is 2.43. The Hall–Kier alpha value is -1.11.